The van der Waals surface area contributed by atoms with Crippen LogP contribution in [0.25, 0.3) is 0 Å². The summed E-state index contributed by atoms with van der Waals surface area (Å²) in [6, 6.07) is -0.630. The van der Waals surface area contributed by atoms with Gasteiger partial charge < -0.3 is 24.6 Å². The van der Waals surface area contributed by atoms with Crippen molar-refractivity contribution in [1.29, 1.82) is 0 Å². The van der Waals surface area contributed by atoms with Crippen LogP contribution in [-0.2, 0) is 26.6 Å². The van der Waals surface area contributed by atoms with Crippen LogP contribution >= 0.6 is 0 Å². The van der Waals surface area contributed by atoms with Gasteiger partial charge in [-0.1, -0.05) is 0 Å². The molecule has 2 aliphatic rings. The second kappa shape index (κ2) is 12.4. The number of nitrogens with zero attached hydrogens (tertiary/aromatic N) is 5. The van der Waals surface area contributed by atoms with Crippen molar-refractivity contribution < 1.29 is 40.6 Å². The molecule has 2 aliphatic heterocycles. The number of alkyl halides is 6. The number of nitrogens with one attached hydrogen (secondary N) is 2. The summed E-state index contributed by atoms with van der Waals surface area (Å²) in [6.45, 7) is 1.98. The second-order valence-electron chi connectivity index (χ2n) is 9.32. The van der Waals surface area contributed by atoms with Crippen LogP contribution in [0.5, 0.6) is 0 Å². The van der Waals surface area contributed by atoms with E-state index in [9.17, 15) is 35.9 Å². The van der Waals surface area contributed by atoms with E-state index in [-0.39, 0.29) is 37.4 Å². The Balaban J connectivity index is 1.26. The number of anilines is 2. The standard InChI is InChI=1S/C23H27F6N7O4/c24-22(25,26)15-9-30-21(31-10-15)36-5-3-35(4-6-36)18(37)2-8-40-13-17(14-1-7-39-12-14)33-16-11-32-34-20(38)19(16)23(27,28)29/h9-11,14,17H,1-8,12-13H2,(H2,33,34,38)/t14-,17-/m0/s1. The van der Waals surface area contributed by atoms with E-state index in [2.05, 4.69) is 20.4 Å². The Bertz CT molecular complexity index is 1190. The molecule has 220 valence electrons. The molecule has 11 nitrogen and oxygen atoms in total. The van der Waals surface area contributed by atoms with Gasteiger partial charge in [0.2, 0.25) is 11.9 Å². The molecule has 2 N–H and O–H groups in total. The summed E-state index contributed by atoms with van der Waals surface area (Å²) < 4.78 is 89.5. The van der Waals surface area contributed by atoms with Crippen LogP contribution < -0.4 is 15.8 Å². The highest BCUT2D eigenvalue weighted by Gasteiger charge is 2.39. The van der Waals surface area contributed by atoms with Crippen LogP contribution in [0.1, 0.15) is 24.0 Å². The van der Waals surface area contributed by atoms with Gasteiger partial charge in [0.05, 0.1) is 49.7 Å². The molecule has 0 bridgehead atoms. The molecule has 2 aromatic rings. The second-order valence-corrected chi connectivity index (χ2v) is 9.32. The molecule has 0 aliphatic carbocycles. The Morgan fingerprint density at radius 3 is 2.40 bits per heavy atom. The van der Waals surface area contributed by atoms with E-state index in [1.165, 1.54) is 0 Å². The number of aromatic amines is 1. The van der Waals surface area contributed by atoms with Gasteiger partial charge in [-0.15, -0.1) is 0 Å². The van der Waals surface area contributed by atoms with Gasteiger partial charge in [0.1, 0.15) is 5.56 Å². The number of piperazine rings is 1. The highest BCUT2D eigenvalue weighted by Crippen LogP contribution is 2.33. The van der Waals surface area contributed by atoms with Crippen LogP contribution in [0.15, 0.2) is 23.4 Å². The van der Waals surface area contributed by atoms with Crippen molar-refractivity contribution in [3.63, 3.8) is 0 Å². The van der Waals surface area contributed by atoms with Crippen LogP contribution in [0.4, 0.5) is 38.0 Å². The number of carbonyl (C=O) groups is 1. The number of hydrogen-bond acceptors (Lipinski definition) is 9. The molecule has 0 spiro atoms. The molecular formula is C23H27F6N7O4. The fraction of sp³-hybridized carbons (Fsp3) is 0.609. The quantitative estimate of drug-likeness (QED) is 0.340. The molecule has 2 aromatic heterocycles. The van der Waals surface area contributed by atoms with Crippen LogP contribution in [0.2, 0.25) is 0 Å². The van der Waals surface area contributed by atoms with Crippen molar-refractivity contribution >= 4 is 17.5 Å². The maximum absolute atomic E-state index is 13.5. The monoisotopic (exact) mass is 579 g/mol. The average molecular weight is 580 g/mol. The van der Waals surface area contributed by atoms with Crippen LogP contribution in [0, 0.1) is 5.92 Å². The first kappa shape index (κ1) is 29.5. The van der Waals surface area contributed by atoms with Crippen LogP contribution in [-0.4, -0.2) is 89.6 Å². The lowest BCUT2D eigenvalue weighted by atomic mass is 9.99. The third-order valence-electron chi connectivity index (χ3n) is 6.65. The average Bonchev–Trinajstić information content (AvgIpc) is 3.44. The van der Waals surface area contributed by atoms with Crippen molar-refractivity contribution in [1.82, 2.24) is 25.1 Å². The number of carbonyl (C=O) groups excluding carboxylic acids is 1. The van der Waals surface area contributed by atoms with Gasteiger partial charge in [-0.2, -0.15) is 31.4 Å². The van der Waals surface area contributed by atoms with Gasteiger partial charge in [0, 0.05) is 51.1 Å². The zero-order valence-corrected chi connectivity index (χ0v) is 21.1. The minimum Gasteiger partial charge on any atom is -0.381 e. The fourth-order valence-corrected chi connectivity index (χ4v) is 4.47. The van der Waals surface area contributed by atoms with E-state index in [1.807, 2.05) is 0 Å². The third-order valence-corrected chi connectivity index (χ3v) is 6.65. The number of amides is 1. The van der Waals surface area contributed by atoms with Gasteiger partial charge in [0.15, 0.2) is 0 Å². The van der Waals surface area contributed by atoms with Gasteiger partial charge in [-0.05, 0) is 6.42 Å². The molecule has 40 heavy (non-hydrogen) atoms. The highest BCUT2D eigenvalue weighted by atomic mass is 19.4. The normalized spacial score (nSPS) is 19.1. The zero-order chi connectivity index (χ0) is 28.9. The maximum atomic E-state index is 13.5. The van der Waals surface area contributed by atoms with Gasteiger partial charge in [-0.25, -0.2) is 15.1 Å². The third kappa shape index (κ3) is 7.38. The molecule has 0 unspecified atom stereocenters. The van der Waals surface area contributed by atoms with Gasteiger partial charge in [-0.3, -0.25) is 9.59 Å². The maximum Gasteiger partial charge on any atom is 0.423 e. The number of H-pyrrole nitrogens is 1. The van der Waals surface area contributed by atoms with E-state index in [0.717, 1.165) is 6.20 Å². The summed E-state index contributed by atoms with van der Waals surface area (Å²) in [5, 5.41) is 8.00. The molecule has 2 atom stereocenters. The number of aromatic nitrogens is 4. The minimum absolute atomic E-state index is 0.00652. The highest BCUT2D eigenvalue weighted by molar-refractivity contribution is 5.76. The molecule has 4 heterocycles. The molecule has 4 rings (SSSR count). The topological polar surface area (TPSA) is 126 Å². The molecule has 2 fully saturated rings. The predicted molar refractivity (Wildman–Crippen MR) is 127 cm³/mol. The first-order chi connectivity index (χ1) is 18.9. The smallest absolute Gasteiger partial charge is 0.381 e. The fourth-order valence-electron chi connectivity index (χ4n) is 4.47. The van der Waals surface area contributed by atoms with E-state index in [0.29, 0.717) is 58.2 Å². The van der Waals surface area contributed by atoms with Crippen molar-refractivity contribution in [2.75, 3.05) is 62.8 Å². The Hall–Kier alpha value is -3.47. The number of hydrogen-bond donors (Lipinski definition) is 2. The lowest BCUT2D eigenvalue weighted by molar-refractivity contribution is -0.139. The Kier molecular flexibility index (Phi) is 9.12. The lowest BCUT2D eigenvalue weighted by Crippen LogP contribution is -2.49. The van der Waals surface area contributed by atoms with Crippen molar-refractivity contribution in [2.45, 2.75) is 31.2 Å². The molecule has 0 saturated carbocycles. The summed E-state index contributed by atoms with van der Waals surface area (Å²) in [4.78, 5) is 35.3. The SMILES string of the molecule is O=C(CCOC[C@H](Nc1cn[nH]c(=O)c1C(F)(F)F)[C@H]1CCOC1)N1CCN(c2ncc(C(F)(F)F)cn2)CC1. The molecule has 0 aromatic carbocycles. The van der Waals surface area contributed by atoms with E-state index < -0.39 is 40.8 Å². The lowest BCUT2D eigenvalue weighted by Gasteiger charge is -2.34. The summed E-state index contributed by atoms with van der Waals surface area (Å²) in [5.74, 6) is -0.251. The summed E-state index contributed by atoms with van der Waals surface area (Å²) in [7, 11) is 0. The molecule has 0 radical (unpaired) electrons. The minimum atomic E-state index is -4.90. The molecule has 1 amide bonds. The summed E-state index contributed by atoms with van der Waals surface area (Å²) in [5.41, 5.74) is -4.17. The Morgan fingerprint density at radius 1 is 1.10 bits per heavy atom. The Labute approximate surface area is 223 Å². The number of rotatable bonds is 9. The van der Waals surface area contributed by atoms with Crippen LogP contribution in [0.3, 0.4) is 0 Å². The van der Waals surface area contributed by atoms with Crippen molar-refractivity contribution in [3.8, 4) is 0 Å². The number of ether oxygens (including phenoxy) is 2. The van der Waals surface area contributed by atoms with Gasteiger partial charge >= 0.3 is 12.4 Å². The predicted octanol–water partition coefficient (Wildman–Crippen LogP) is 2.17. The molecule has 17 heteroatoms. The van der Waals surface area contributed by atoms with E-state index in [4.69, 9.17) is 9.47 Å². The summed E-state index contributed by atoms with van der Waals surface area (Å²) in [6.07, 6.45) is -6.51. The van der Waals surface area contributed by atoms with Crippen molar-refractivity contribution in [3.05, 3.63) is 40.1 Å². The molecule has 2 saturated heterocycles. The largest absolute Gasteiger partial charge is 0.423 e. The first-order valence-corrected chi connectivity index (χ1v) is 12.4. The van der Waals surface area contributed by atoms with E-state index >= 15 is 0 Å². The Morgan fingerprint density at radius 2 is 1.80 bits per heavy atom. The van der Waals surface area contributed by atoms with Crippen molar-refractivity contribution in [2.24, 2.45) is 5.92 Å². The van der Waals surface area contributed by atoms with Gasteiger partial charge in [0.25, 0.3) is 5.56 Å². The zero-order valence-electron chi connectivity index (χ0n) is 21.1. The van der Waals surface area contributed by atoms with E-state index in [1.54, 1.807) is 14.9 Å². The first-order valence-electron chi connectivity index (χ1n) is 12.4. The summed E-state index contributed by atoms with van der Waals surface area (Å²) >= 11 is 0. The number of halogens is 6. The molecular weight excluding hydrogens is 552 g/mol.